The summed E-state index contributed by atoms with van der Waals surface area (Å²) >= 11 is 0. The van der Waals surface area contributed by atoms with Crippen LogP contribution in [0.25, 0.3) is 5.76 Å². The average molecular weight is 268 g/mol. The van der Waals surface area contributed by atoms with E-state index >= 15 is 0 Å². The highest BCUT2D eigenvalue weighted by Gasteiger charge is 2.40. The first kappa shape index (κ1) is 11.9. The van der Waals surface area contributed by atoms with Crippen LogP contribution >= 0.6 is 0 Å². The van der Waals surface area contributed by atoms with Crippen LogP contribution in [0.2, 0.25) is 0 Å². The van der Waals surface area contributed by atoms with Crippen LogP contribution in [0, 0.1) is 0 Å². The molecule has 3 heteroatoms. The lowest BCUT2D eigenvalue weighted by Gasteiger charge is -2.24. The lowest BCUT2D eigenvalue weighted by atomic mass is 9.79. The Balaban J connectivity index is 1.98. The van der Waals surface area contributed by atoms with E-state index in [1.807, 2.05) is 13.0 Å². The first-order valence-corrected chi connectivity index (χ1v) is 7.31. The molecule has 0 saturated carbocycles. The van der Waals surface area contributed by atoms with E-state index in [0.717, 1.165) is 36.8 Å². The molecule has 4 rings (SSSR count). The number of aryl methyl sites for hydroxylation is 1. The molecular formula is C17H16O3. The van der Waals surface area contributed by atoms with Gasteiger partial charge in [0.05, 0.1) is 0 Å². The van der Waals surface area contributed by atoms with Crippen LogP contribution in [0.4, 0.5) is 0 Å². The van der Waals surface area contributed by atoms with Crippen molar-refractivity contribution in [1.29, 1.82) is 0 Å². The first-order chi connectivity index (χ1) is 9.66. The van der Waals surface area contributed by atoms with Gasteiger partial charge in [-0.2, -0.15) is 0 Å². The van der Waals surface area contributed by atoms with E-state index in [1.165, 1.54) is 5.56 Å². The molecule has 0 spiro atoms. The van der Waals surface area contributed by atoms with Gasteiger partial charge in [-0.05, 0) is 43.7 Å². The highest BCUT2D eigenvalue weighted by molar-refractivity contribution is 6.52. The number of rotatable bonds is 0. The largest absolute Gasteiger partial charge is 0.489 e. The molecule has 0 saturated heterocycles. The molecule has 1 aliphatic heterocycles. The van der Waals surface area contributed by atoms with E-state index in [1.54, 1.807) is 0 Å². The minimum Gasteiger partial charge on any atom is -0.489 e. The van der Waals surface area contributed by atoms with Crippen LogP contribution in [0.1, 0.15) is 53.2 Å². The minimum absolute atomic E-state index is 0.0151. The maximum Gasteiger partial charge on any atom is 0.234 e. The van der Waals surface area contributed by atoms with Gasteiger partial charge in [0.1, 0.15) is 11.9 Å². The van der Waals surface area contributed by atoms with Gasteiger partial charge in [0, 0.05) is 23.1 Å². The van der Waals surface area contributed by atoms with Crippen molar-refractivity contribution in [1.82, 2.24) is 0 Å². The fraction of sp³-hybridized carbons (Fsp3) is 0.412. The van der Waals surface area contributed by atoms with Crippen molar-refractivity contribution in [2.24, 2.45) is 0 Å². The molecule has 102 valence electrons. The molecule has 1 unspecified atom stereocenters. The maximum absolute atomic E-state index is 12.5. The Hall–Kier alpha value is -1.90. The van der Waals surface area contributed by atoms with E-state index in [4.69, 9.17) is 4.74 Å². The van der Waals surface area contributed by atoms with Crippen LogP contribution in [0.5, 0.6) is 0 Å². The minimum atomic E-state index is -0.351. The molecule has 0 radical (unpaired) electrons. The highest BCUT2D eigenvalue weighted by Crippen LogP contribution is 2.41. The van der Waals surface area contributed by atoms with Gasteiger partial charge >= 0.3 is 0 Å². The quantitative estimate of drug-likeness (QED) is 0.679. The molecule has 0 amide bonds. The Morgan fingerprint density at radius 1 is 1.10 bits per heavy atom. The lowest BCUT2D eigenvalue weighted by molar-refractivity contribution is -0.112. The number of benzene rings is 1. The van der Waals surface area contributed by atoms with Crippen molar-refractivity contribution >= 4 is 17.3 Å². The second kappa shape index (κ2) is 4.05. The molecule has 0 N–H and O–H groups in total. The summed E-state index contributed by atoms with van der Waals surface area (Å²) in [6.07, 6.45) is 4.70. The number of ketones is 2. The van der Waals surface area contributed by atoms with Crippen LogP contribution < -0.4 is 0 Å². The second-order valence-corrected chi connectivity index (χ2v) is 5.93. The predicted octanol–water partition coefficient (Wildman–Crippen LogP) is 2.85. The Morgan fingerprint density at radius 2 is 1.90 bits per heavy atom. The lowest BCUT2D eigenvalue weighted by Crippen LogP contribution is -2.25. The van der Waals surface area contributed by atoms with Crippen LogP contribution in [-0.2, 0) is 22.4 Å². The predicted molar refractivity (Wildman–Crippen MR) is 74.5 cm³/mol. The van der Waals surface area contributed by atoms with Crippen molar-refractivity contribution in [3.63, 3.8) is 0 Å². The third kappa shape index (κ3) is 1.46. The number of hydrogen-bond acceptors (Lipinski definition) is 3. The standard InChI is InChI=1S/C17H16O3/c1-9-8-13-15(18)16(19)14-11-5-3-2-4-10(11)6-7-12(14)17(13)20-9/h6-7,9H,2-5,8H2,1H3. The van der Waals surface area contributed by atoms with E-state index in [9.17, 15) is 9.59 Å². The monoisotopic (exact) mass is 268 g/mol. The summed E-state index contributed by atoms with van der Waals surface area (Å²) in [6, 6.07) is 4.07. The summed E-state index contributed by atoms with van der Waals surface area (Å²) in [5.41, 5.74) is 4.36. The molecule has 1 heterocycles. The van der Waals surface area contributed by atoms with Crippen molar-refractivity contribution in [2.45, 2.75) is 45.1 Å². The molecule has 20 heavy (non-hydrogen) atoms. The molecule has 1 aromatic rings. The van der Waals surface area contributed by atoms with Crippen LogP contribution in [0.3, 0.4) is 0 Å². The zero-order valence-electron chi connectivity index (χ0n) is 11.5. The Labute approximate surface area is 117 Å². The third-order valence-corrected chi connectivity index (χ3v) is 4.57. The fourth-order valence-electron chi connectivity index (χ4n) is 3.64. The summed E-state index contributed by atoms with van der Waals surface area (Å²) in [4.78, 5) is 24.8. The van der Waals surface area contributed by atoms with Crippen molar-refractivity contribution < 1.29 is 14.3 Å². The first-order valence-electron chi connectivity index (χ1n) is 7.31. The van der Waals surface area contributed by atoms with E-state index in [-0.39, 0.29) is 17.7 Å². The second-order valence-electron chi connectivity index (χ2n) is 5.93. The van der Waals surface area contributed by atoms with Gasteiger partial charge in [-0.25, -0.2) is 0 Å². The van der Waals surface area contributed by atoms with Gasteiger partial charge in [0.25, 0.3) is 0 Å². The smallest absolute Gasteiger partial charge is 0.234 e. The summed E-state index contributed by atoms with van der Waals surface area (Å²) in [7, 11) is 0. The van der Waals surface area contributed by atoms with Gasteiger partial charge in [-0.3, -0.25) is 9.59 Å². The zero-order valence-corrected chi connectivity index (χ0v) is 11.5. The average Bonchev–Trinajstić information content (AvgIpc) is 2.86. The summed E-state index contributed by atoms with van der Waals surface area (Å²) in [6.45, 7) is 1.94. The highest BCUT2D eigenvalue weighted by atomic mass is 16.5. The molecular weight excluding hydrogens is 252 g/mol. The molecule has 3 nitrogen and oxygen atoms in total. The SMILES string of the molecule is CC1CC2=C(O1)c1ccc3c(c1C(=O)C2=O)CCCC3. The number of carbonyl (C=O) groups is 2. The molecule has 2 aliphatic carbocycles. The van der Waals surface area contributed by atoms with Crippen LogP contribution in [0.15, 0.2) is 17.7 Å². The molecule has 0 fully saturated rings. The topological polar surface area (TPSA) is 43.4 Å². The number of carbonyl (C=O) groups excluding carboxylic acids is 2. The molecule has 1 aromatic carbocycles. The summed E-state index contributed by atoms with van der Waals surface area (Å²) in [5.74, 6) is -0.0171. The van der Waals surface area contributed by atoms with Gasteiger partial charge in [-0.1, -0.05) is 12.1 Å². The molecule has 0 aromatic heterocycles. The van der Waals surface area contributed by atoms with Crippen molar-refractivity contribution in [2.75, 3.05) is 0 Å². The summed E-state index contributed by atoms with van der Waals surface area (Å²) < 4.78 is 5.81. The molecule has 3 aliphatic rings. The van der Waals surface area contributed by atoms with Crippen LogP contribution in [-0.4, -0.2) is 17.7 Å². The zero-order chi connectivity index (χ0) is 13.9. The van der Waals surface area contributed by atoms with Gasteiger partial charge in [-0.15, -0.1) is 0 Å². The Morgan fingerprint density at radius 3 is 2.75 bits per heavy atom. The number of Topliss-reactive ketones (excluding diaryl/α,β-unsaturated/α-hetero) is 2. The molecule has 1 atom stereocenters. The number of hydrogen-bond donors (Lipinski definition) is 0. The van der Waals surface area contributed by atoms with Gasteiger partial charge in [0.2, 0.25) is 11.6 Å². The Bertz CT molecular complexity index is 682. The van der Waals surface area contributed by atoms with Gasteiger partial charge < -0.3 is 4.74 Å². The summed E-state index contributed by atoms with van der Waals surface area (Å²) in [5, 5.41) is 0. The van der Waals surface area contributed by atoms with Gasteiger partial charge in [0.15, 0.2) is 0 Å². The number of ether oxygens (including phenoxy) is 1. The Kier molecular flexibility index (Phi) is 2.40. The van der Waals surface area contributed by atoms with E-state index < -0.39 is 0 Å². The van der Waals surface area contributed by atoms with E-state index in [0.29, 0.717) is 23.3 Å². The van der Waals surface area contributed by atoms with E-state index in [2.05, 4.69) is 6.07 Å². The van der Waals surface area contributed by atoms with Crippen molar-refractivity contribution in [3.8, 4) is 0 Å². The third-order valence-electron chi connectivity index (χ3n) is 4.57. The maximum atomic E-state index is 12.5. The number of fused-ring (bicyclic) bond motifs is 4. The fourth-order valence-corrected chi connectivity index (χ4v) is 3.64. The molecule has 0 bridgehead atoms. The normalized spacial score (nSPS) is 24.1. The van der Waals surface area contributed by atoms with Crippen molar-refractivity contribution in [3.05, 3.63) is 40.0 Å².